The topological polar surface area (TPSA) is 49.9 Å². The largest absolute Gasteiger partial charge is 0.507 e. The molecule has 0 fully saturated rings. The molecular formula is C18H12BrN3OS. The zero-order valence-electron chi connectivity index (χ0n) is 12.4. The maximum absolute atomic E-state index is 10.00. The maximum Gasteiger partial charge on any atom is 0.165 e. The molecule has 4 aromatic rings. The number of aliphatic imine (C=N–C) groups is 1. The van der Waals surface area contributed by atoms with Crippen molar-refractivity contribution in [2.24, 2.45) is 4.99 Å². The summed E-state index contributed by atoms with van der Waals surface area (Å²) in [6, 6.07) is 15.1. The van der Waals surface area contributed by atoms with Crippen molar-refractivity contribution in [2.45, 2.75) is 0 Å². The van der Waals surface area contributed by atoms with E-state index in [1.807, 2.05) is 52.4 Å². The number of nitrogens with zero attached hydrogens (tertiary/aromatic N) is 3. The molecule has 1 aromatic carbocycles. The maximum atomic E-state index is 10.00. The monoisotopic (exact) mass is 397 g/mol. The fourth-order valence-corrected chi connectivity index (χ4v) is 3.53. The molecule has 118 valence electrons. The Kier molecular flexibility index (Phi) is 3.92. The molecule has 0 unspecified atom stereocenters. The van der Waals surface area contributed by atoms with Gasteiger partial charge in [0, 0.05) is 22.4 Å². The molecule has 3 aromatic heterocycles. The Balaban J connectivity index is 1.87. The van der Waals surface area contributed by atoms with Crippen LogP contribution in [0.5, 0.6) is 5.75 Å². The number of thiophene rings is 1. The van der Waals surface area contributed by atoms with Crippen LogP contribution in [-0.4, -0.2) is 20.7 Å². The molecule has 4 nitrogen and oxygen atoms in total. The third-order valence-electron chi connectivity index (χ3n) is 3.57. The first-order valence-electron chi connectivity index (χ1n) is 7.26. The number of hydrogen-bond donors (Lipinski definition) is 1. The van der Waals surface area contributed by atoms with Gasteiger partial charge in [0.05, 0.1) is 4.88 Å². The van der Waals surface area contributed by atoms with Gasteiger partial charge in [0.15, 0.2) is 5.82 Å². The number of phenols is 1. The molecule has 0 saturated carbocycles. The van der Waals surface area contributed by atoms with Crippen LogP contribution in [0.25, 0.3) is 16.2 Å². The van der Waals surface area contributed by atoms with Crippen molar-refractivity contribution < 1.29 is 5.11 Å². The second-order valence-corrected chi connectivity index (χ2v) is 7.01. The van der Waals surface area contributed by atoms with Gasteiger partial charge in [-0.25, -0.2) is 9.98 Å². The normalized spacial score (nSPS) is 11.5. The SMILES string of the molecule is Oc1ccc(Br)cc1/C=N/c1c(-c2cccs2)nc2ccccn12. The van der Waals surface area contributed by atoms with Gasteiger partial charge in [-0.2, -0.15) is 0 Å². The van der Waals surface area contributed by atoms with Gasteiger partial charge >= 0.3 is 0 Å². The van der Waals surface area contributed by atoms with Gasteiger partial charge in [-0.1, -0.05) is 28.1 Å². The third kappa shape index (κ3) is 2.74. The molecule has 0 aliphatic carbocycles. The van der Waals surface area contributed by atoms with E-state index in [2.05, 4.69) is 20.9 Å². The number of imidazole rings is 1. The Hall–Kier alpha value is -2.44. The molecule has 0 bridgehead atoms. The summed E-state index contributed by atoms with van der Waals surface area (Å²) in [5.74, 6) is 0.931. The predicted octanol–water partition coefficient (Wildman–Crippen LogP) is 5.28. The lowest BCUT2D eigenvalue weighted by Gasteiger charge is -2.01. The predicted molar refractivity (Wildman–Crippen MR) is 102 cm³/mol. The molecule has 0 atom stereocenters. The molecule has 0 spiro atoms. The van der Waals surface area contributed by atoms with E-state index in [1.165, 1.54) is 0 Å². The van der Waals surface area contributed by atoms with E-state index in [0.717, 1.165) is 26.5 Å². The first kappa shape index (κ1) is 15.1. The summed E-state index contributed by atoms with van der Waals surface area (Å²) in [5, 5.41) is 12.0. The number of aromatic nitrogens is 2. The lowest BCUT2D eigenvalue weighted by Crippen LogP contribution is -1.85. The first-order chi connectivity index (χ1) is 11.7. The number of rotatable bonds is 3. The minimum atomic E-state index is 0.188. The highest BCUT2D eigenvalue weighted by Gasteiger charge is 2.13. The van der Waals surface area contributed by atoms with Crippen LogP contribution >= 0.6 is 27.3 Å². The lowest BCUT2D eigenvalue weighted by molar-refractivity contribution is 0.474. The van der Waals surface area contributed by atoms with Crippen LogP contribution in [0.1, 0.15) is 5.56 Å². The van der Waals surface area contributed by atoms with Crippen LogP contribution in [0.4, 0.5) is 5.82 Å². The van der Waals surface area contributed by atoms with E-state index in [0.29, 0.717) is 5.56 Å². The standard InChI is InChI=1S/C18H12BrN3OS/c19-13-6-7-14(23)12(10-13)11-20-18-17(15-4-3-9-24-15)21-16-5-1-2-8-22(16)18/h1-11,23H/b20-11+. The Labute approximate surface area is 150 Å². The summed E-state index contributed by atoms with van der Waals surface area (Å²) >= 11 is 5.04. The van der Waals surface area contributed by atoms with Crippen molar-refractivity contribution in [3.05, 3.63) is 70.1 Å². The van der Waals surface area contributed by atoms with Gasteiger partial charge in [-0.3, -0.25) is 4.40 Å². The van der Waals surface area contributed by atoms with Crippen LogP contribution in [0.3, 0.4) is 0 Å². The molecule has 0 saturated heterocycles. The van der Waals surface area contributed by atoms with Gasteiger partial charge in [0.1, 0.15) is 17.1 Å². The number of pyridine rings is 1. The summed E-state index contributed by atoms with van der Waals surface area (Å²) in [7, 11) is 0. The van der Waals surface area contributed by atoms with Crippen molar-refractivity contribution in [3.63, 3.8) is 0 Å². The zero-order valence-corrected chi connectivity index (χ0v) is 14.8. The number of aromatic hydroxyl groups is 1. The van der Waals surface area contributed by atoms with Crippen LogP contribution in [0, 0.1) is 0 Å². The van der Waals surface area contributed by atoms with E-state index in [-0.39, 0.29) is 5.75 Å². The van der Waals surface area contributed by atoms with E-state index in [4.69, 9.17) is 4.98 Å². The van der Waals surface area contributed by atoms with Gasteiger partial charge in [0.25, 0.3) is 0 Å². The highest BCUT2D eigenvalue weighted by molar-refractivity contribution is 9.10. The molecule has 3 heterocycles. The first-order valence-corrected chi connectivity index (χ1v) is 8.93. The Morgan fingerprint density at radius 3 is 2.92 bits per heavy atom. The van der Waals surface area contributed by atoms with E-state index < -0.39 is 0 Å². The molecule has 24 heavy (non-hydrogen) atoms. The van der Waals surface area contributed by atoms with Crippen molar-refractivity contribution in [2.75, 3.05) is 0 Å². The Morgan fingerprint density at radius 1 is 1.17 bits per heavy atom. The van der Waals surface area contributed by atoms with E-state index in [9.17, 15) is 5.11 Å². The minimum Gasteiger partial charge on any atom is -0.507 e. The fraction of sp³-hybridized carbons (Fsp3) is 0. The number of fused-ring (bicyclic) bond motifs is 1. The molecular weight excluding hydrogens is 386 g/mol. The Morgan fingerprint density at radius 2 is 2.08 bits per heavy atom. The average molecular weight is 398 g/mol. The molecule has 0 aliphatic heterocycles. The van der Waals surface area contributed by atoms with Crippen LogP contribution < -0.4 is 0 Å². The van der Waals surface area contributed by atoms with Crippen molar-refractivity contribution in [1.29, 1.82) is 0 Å². The van der Waals surface area contributed by atoms with Gasteiger partial charge < -0.3 is 5.11 Å². The average Bonchev–Trinajstić information content (AvgIpc) is 3.23. The summed E-state index contributed by atoms with van der Waals surface area (Å²) < 4.78 is 2.83. The molecule has 0 amide bonds. The second-order valence-electron chi connectivity index (χ2n) is 5.15. The van der Waals surface area contributed by atoms with Crippen molar-refractivity contribution in [1.82, 2.24) is 9.38 Å². The third-order valence-corrected chi connectivity index (χ3v) is 4.94. The zero-order chi connectivity index (χ0) is 16.5. The molecule has 0 aliphatic rings. The minimum absolute atomic E-state index is 0.188. The van der Waals surface area contributed by atoms with E-state index >= 15 is 0 Å². The number of hydrogen-bond acceptors (Lipinski definition) is 4. The quantitative estimate of drug-likeness (QED) is 0.478. The molecule has 1 N–H and O–H groups in total. The summed E-state index contributed by atoms with van der Waals surface area (Å²) in [4.78, 5) is 10.4. The van der Waals surface area contributed by atoms with Gasteiger partial charge in [-0.15, -0.1) is 11.3 Å². The lowest BCUT2D eigenvalue weighted by atomic mass is 10.2. The van der Waals surface area contributed by atoms with Crippen molar-refractivity contribution >= 4 is 44.9 Å². The summed E-state index contributed by atoms with van der Waals surface area (Å²) in [6.45, 7) is 0. The van der Waals surface area contributed by atoms with Crippen LogP contribution in [-0.2, 0) is 0 Å². The van der Waals surface area contributed by atoms with Gasteiger partial charge in [0.2, 0.25) is 0 Å². The second kappa shape index (κ2) is 6.22. The van der Waals surface area contributed by atoms with Gasteiger partial charge in [-0.05, 0) is 41.8 Å². The molecule has 4 rings (SSSR count). The highest BCUT2D eigenvalue weighted by atomic mass is 79.9. The molecule has 6 heteroatoms. The fourth-order valence-electron chi connectivity index (χ4n) is 2.44. The van der Waals surface area contributed by atoms with Crippen LogP contribution in [0.15, 0.2) is 69.6 Å². The molecule has 0 radical (unpaired) electrons. The van der Waals surface area contributed by atoms with E-state index in [1.54, 1.807) is 29.7 Å². The number of halogens is 1. The highest BCUT2D eigenvalue weighted by Crippen LogP contribution is 2.34. The number of phenolic OH excluding ortho intramolecular Hbond substituents is 1. The summed E-state index contributed by atoms with van der Waals surface area (Å²) in [5.41, 5.74) is 2.32. The van der Waals surface area contributed by atoms with Crippen molar-refractivity contribution in [3.8, 4) is 16.3 Å². The van der Waals surface area contributed by atoms with Crippen LogP contribution in [0.2, 0.25) is 0 Å². The summed E-state index contributed by atoms with van der Waals surface area (Å²) in [6.07, 6.45) is 3.60. The smallest absolute Gasteiger partial charge is 0.165 e. The Bertz CT molecular complexity index is 1040. The number of benzene rings is 1.